The Balaban J connectivity index is 2.16. The first-order chi connectivity index (χ1) is 7.31. The Morgan fingerprint density at radius 1 is 1.47 bits per heavy atom. The number of nitrogen functional groups attached to an aromatic ring is 1. The van der Waals surface area contributed by atoms with Gasteiger partial charge in [-0.05, 0) is 31.4 Å². The van der Waals surface area contributed by atoms with E-state index in [1.54, 1.807) is 6.20 Å². The van der Waals surface area contributed by atoms with Crippen LogP contribution in [0, 0.1) is 0 Å². The molecule has 4 nitrogen and oxygen atoms in total. The molecule has 0 saturated carbocycles. The molecule has 2 heterocycles. The van der Waals surface area contributed by atoms with E-state index in [0.717, 1.165) is 18.8 Å². The molecule has 0 unspecified atom stereocenters. The summed E-state index contributed by atoms with van der Waals surface area (Å²) < 4.78 is 0. The summed E-state index contributed by atoms with van der Waals surface area (Å²) in [6.45, 7) is 1.17. The summed E-state index contributed by atoms with van der Waals surface area (Å²) in [5.74, 6) is 0.919. The van der Waals surface area contributed by atoms with Crippen LogP contribution in [-0.2, 0) is 0 Å². The van der Waals surface area contributed by atoms with Crippen molar-refractivity contribution < 1.29 is 5.11 Å². The van der Waals surface area contributed by atoms with Crippen molar-refractivity contribution in [2.45, 2.75) is 25.3 Å². The van der Waals surface area contributed by atoms with E-state index in [2.05, 4.69) is 9.88 Å². The average Bonchev–Trinajstić information content (AvgIpc) is 2.30. The molecule has 3 N–H and O–H groups in total. The number of piperidine rings is 1. The van der Waals surface area contributed by atoms with Crippen molar-refractivity contribution in [3.63, 3.8) is 0 Å². The number of aliphatic hydroxyl groups is 1. The van der Waals surface area contributed by atoms with Crippen LogP contribution in [0.4, 0.5) is 11.5 Å². The van der Waals surface area contributed by atoms with Gasteiger partial charge in [0.05, 0.1) is 24.5 Å². The normalized spacial score (nSPS) is 21.7. The molecule has 82 valence electrons. The van der Waals surface area contributed by atoms with Gasteiger partial charge in [-0.1, -0.05) is 0 Å². The highest BCUT2D eigenvalue weighted by atomic mass is 16.3. The smallest absolute Gasteiger partial charge is 0.128 e. The van der Waals surface area contributed by atoms with Crippen LogP contribution in [0.15, 0.2) is 18.3 Å². The van der Waals surface area contributed by atoms with Crippen LogP contribution in [0.1, 0.15) is 19.3 Å². The molecule has 2 rings (SSSR count). The van der Waals surface area contributed by atoms with E-state index >= 15 is 0 Å². The van der Waals surface area contributed by atoms with Crippen molar-refractivity contribution in [1.29, 1.82) is 0 Å². The Labute approximate surface area is 89.7 Å². The number of anilines is 2. The molecule has 0 bridgehead atoms. The minimum Gasteiger partial charge on any atom is -0.397 e. The van der Waals surface area contributed by atoms with E-state index in [9.17, 15) is 5.11 Å². The van der Waals surface area contributed by atoms with Gasteiger partial charge in [-0.15, -0.1) is 0 Å². The molecule has 0 amide bonds. The zero-order chi connectivity index (χ0) is 10.7. The molecule has 15 heavy (non-hydrogen) atoms. The Hall–Kier alpha value is -1.29. The highest BCUT2D eigenvalue weighted by Crippen LogP contribution is 2.23. The molecule has 1 fully saturated rings. The third-order valence-corrected chi connectivity index (χ3v) is 2.90. The van der Waals surface area contributed by atoms with Gasteiger partial charge in [-0.3, -0.25) is 0 Å². The van der Waals surface area contributed by atoms with Crippen molar-refractivity contribution in [3.05, 3.63) is 18.3 Å². The lowest BCUT2D eigenvalue weighted by Crippen LogP contribution is -2.42. The van der Waals surface area contributed by atoms with Crippen molar-refractivity contribution in [1.82, 2.24) is 4.98 Å². The topological polar surface area (TPSA) is 62.4 Å². The molecule has 1 aliphatic heterocycles. The maximum Gasteiger partial charge on any atom is 0.128 e. The number of aliphatic hydroxyl groups excluding tert-OH is 1. The standard InChI is InChI=1S/C11H17N3O/c12-9-4-5-11(13-7-9)14-6-2-1-3-10(14)8-15/h4-5,7,10,15H,1-3,6,8,12H2/t10-/m1/s1. The van der Waals surface area contributed by atoms with E-state index in [4.69, 9.17) is 5.73 Å². The minimum atomic E-state index is 0.200. The Bertz CT molecular complexity index is 312. The minimum absolute atomic E-state index is 0.200. The summed E-state index contributed by atoms with van der Waals surface area (Å²) in [7, 11) is 0. The first kappa shape index (κ1) is 10.2. The maximum absolute atomic E-state index is 9.28. The van der Waals surface area contributed by atoms with Crippen LogP contribution in [0.2, 0.25) is 0 Å². The molecule has 1 aromatic heterocycles. The van der Waals surface area contributed by atoms with E-state index < -0.39 is 0 Å². The van der Waals surface area contributed by atoms with E-state index in [-0.39, 0.29) is 12.6 Å². The van der Waals surface area contributed by atoms with Gasteiger partial charge in [0.15, 0.2) is 0 Å². The Kier molecular flexibility index (Phi) is 3.06. The summed E-state index contributed by atoms with van der Waals surface area (Å²) in [5.41, 5.74) is 6.27. The zero-order valence-corrected chi connectivity index (χ0v) is 8.76. The van der Waals surface area contributed by atoms with Crippen molar-refractivity contribution in [3.8, 4) is 0 Å². The van der Waals surface area contributed by atoms with E-state index in [0.29, 0.717) is 5.69 Å². The van der Waals surface area contributed by atoms with Crippen LogP contribution in [0.5, 0.6) is 0 Å². The molecule has 1 aliphatic rings. The number of rotatable bonds is 2. The quantitative estimate of drug-likeness (QED) is 0.760. The lowest BCUT2D eigenvalue weighted by atomic mass is 10.0. The second-order valence-electron chi connectivity index (χ2n) is 3.98. The lowest BCUT2D eigenvalue weighted by molar-refractivity contribution is 0.239. The molecule has 0 aromatic carbocycles. The number of aromatic nitrogens is 1. The van der Waals surface area contributed by atoms with Gasteiger partial charge in [0.1, 0.15) is 5.82 Å². The molecular formula is C11H17N3O. The van der Waals surface area contributed by atoms with Crippen LogP contribution >= 0.6 is 0 Å². The Morgan fingerprint density at radius 3 is 3.00 bits per heavy atom. The number of hydrogen-bond acceptors (Lipinski definition) is 4. The largest absolute Gasteiger partial charge is 0.397 e. The summed E-state index contributed by atoms with van der Waals surface area (Å²) in [5, 5.41) is 9.28. The van der Waals surface area contributed by atoms with E-state index in [1.807, 2.05) is 12.1 Å². The lowest BCUT2D eigenvalue weighted by Gasteiger charge is -2.35. The summed E-state index contributed by atoms with van der Waals surface area (Å²) in [6, 6.07) is 3.99. The molecular weight excluding hydrogens is 190 g/mol. The molecule has 0 spiro atoms. The predicted molar refractivity (Wildman–Crippen MR) is 60.7 cm³/mol. The van der Waals surface area contributed by atoms with Crippen LogP contribution in [0.3, 0.4) is 0 Å². The molecule has 1 aromatic rings. The van der Waals surface area contributed by atoms with Gasteiger partial charge in [-0.2, -0.15) is 0 Å². The van der Waals surface area contributed by atoms with Crippen LogP contribution < -0.4 is 10.6 Å². The summed E-state index contributed by atoms with van der Waals surface area (Å²) in [4.78, 5) is 6.46. The molecule has 4 heteroatoms. The molecule has 1 atom stereocenters. The van der Waals surface area contributed by atoms with Gasteiger partial charge in [0.2, 0.25) is 0 Å². The second-order valence-corrected chi connectivity index (χ2v) is 3.98. The van der Waals surface area contributed by atoms with Gasteiger partial charge >= 0.3 is 0 Å². The molecule has 0 aliphatic carbocycles. The second kappa shape index (κ2) is 4.49. The molecule has 0 radical (unpaired) electrons. The molecule has 1 saturated heterocycles. The van der Waals surface area contributed by atoms with Gasteiger partial charge in [0.25, 0.3) is 0 Å². The zero-order valence-electron chi connectivity index (χ0n) is 8.76. The van der Waals surface area contributed by atoms with Crippen molar-refractivity contribution >= 4 is 11.5 Å². The average molecular weight is 207 g/mol. The van der Waals surface area contributed by atoms with Gasteiger partial charge in [-0.25, -0.2) is 4.98 Å². The Morgan fingerprint density at radius 2 is 2.33 bits per heavy atom. The monoisotopic (exact) mass is 207 g/mol. The van der Waals surface area contributed by atoms with Gasteiger partial charge < -0.3 is 15.7 Å². The first-order valence-corrected chi connectivity index (χ1v) is 5.40. The number of nitrogens with two attached hydrogens (primary N) is 1. The highest BCUT2D eigenvalue weighted by molar-refractivity contribution is 5.46. The fourth-order valence-electron chi connectivity index (χ4n) is 2.06. The highest BCUT2D eigenvalue weighted by Gasteiger charge is 2.22. The van der Waals surface area contributed by atoms with E-state index in [1.165, 1.54) is 12.8 Å². The first-order valence-electron chi connectivity index (χ1n) is 5.40. The number of pyridine rings is 1. The number of hydrogen-bond donors (Lipinski definition) is 2. The van der Waals surface area contributed by atoms with Crippen molar-refractivity contribution in [2.75, 3.05) is 23.8 Å². The fourth-order valence-corrected chi connectivity index (χ4v) is 2.06. The maximum atomic E-state index is 9.28. The number of nitrogens with zero attached hydrogens (tertiary/aromatic N) is 2. The summed E-state index contributed by atoms with van der Waals surface area (Å²) in [6.07, 6.45) is 5.07. The van der Waals surface area contributed by atoms with Crippen molar-refractivity contribution in [2.24, 2.45) is 0 Å². The fraction of sp³-hybridized carbons (Fsp3) is 0.545. The van der Waals surface area contributed by atoms with Crippen LogP contribution in [-0.4, -0.2) is 29.3 Å². The predicted octanol–water partition coefficient (Wildman–Crippen LogP) is 1.02. The summed E-state index contributed by atoms with van der Waals surface area (Å²) >= 11 is 0. The third-order valence-electron chi connectivity index (χ3n) is 2.90. The SMILES string of the molecule is Nc1ccc(N2CCCC[C@@H]2CO)nc1. The van der Waals surface area contributed by atoms with Crippen LogP contribution in [0.25, 0.3) is 0 Å². The third kappa shape index (κ3) is 2.21. The van der Waals surface area contributed by atoms with Gasteiger partial charge in [0, 0.05) is 6.54 Å².